The van der Waals surface area contributed by atoms with Gasteiger partial charge in [-0.15, -0.1) is 0 Å². The number of rotatable bonds is 7. The van der Waals surface area contributed by atoms with Gasteiger partial charge in [0.15, 0.2) is 5.78 Å². The maximum Gasteiger partial charge on any atom is 0.186 e. The molecule has 3 heteroatoms. The van der Waals surface area contributed by atoms with E-state index < -0.39 is 18.5 Å². The number of Topliss-reactive ketones (excluding diaryl/α,β-unsaturated/α-hetero) is 1. The third-order valence-electron chi connectivity index (χ3n) is 1.86. The van der Waals surface area contributed by atoms with E-state index in [1.165, 1.54) is 0 Å². The second kappa shape index (κ2) is 7.25. The van der Waals surface area contributed by atoms with Crippen LogP contribution in [0.5, 0.6) is 0 Å². The number of ketones is 1. The molecule has 0 radical (unpaired) electrons. The van der Waals surface area contributed by atoms with Gasteiger partial charge in [-0.05, 0) is 6.42 Å². The van der Waals surface area contributed by atoms with Crippen molar-refractivity contribution in [3.8, 4) is 0 Å². The molecule has 0 heterocycles. The quantitative estimate of drug-likeness (QED) is 0.563. The van der Waals surface area contributed by atoms with Crippen molar-refractivity contribution in [2.24, 2.45) is 0 Å². The molecule has 0 aromatic heterocycles. The molecule has 0 spiro atoms. The molecule has 0 aromatic rings. The number of hydrogen-bond donors (Lipinski definition) is 2. The number of aliphatic hydroxyl groups excluding tert-OH is 2. The van der Waals surface area contributed by atoms with Crippen LogP contribution in [0.2, 0.25) is 0 Å². The highest BCUT2D eigenvalue weighted by molar-refractivity contribution is 5.83. The van der Waals surface area contributed by atoms with Gasteiger partial charge < -0.3 is 10.2 Å². The lowest BCUT2D eigenvalue weighted by Crippen LogP contribution is -2.23. The van der Waals surface area contributed by atoms with Gasteiger partial charge in [0, 0.05) is 0 Å². The van der Waals surface area contributed by atoms with Gasteiger partial charge in [-0.3, -0.25) is 4.79 Å². The van der Waals surface area contributed by atoms with Crippen molar-refractivity contribution in [1.82, 2.24) is 0 Å². The number of unbranched alkanes of at least 4 members (excludes halogenated alkanes) is 3. The van der Waals surface area contributed by atoms with E-state index in [-0.39, 0.29) is 0 Å². The van der Waals surface area contributed by atoms with E-state index >= 15 is 0 Å². The molecule has 72 valence electrons. The molecule has 0 unspecified atom stereocenters. The molecular formula is C9H18O3. The van der Waals surface area contributed by atoms with Crippen LogP contribution in [0.1, 0.15) is 39.0 Å². The molecule has 0 aliphatic rings. The van der Waals surface area contributed by atoms with Gasteiger partial charge in [0.2, 0.25) is 0 Å². The number of hydrogen-bond acceptors (Lipinski definition) is 3. The van der Waals surface area contributed by atoms with E-state index in [0.717, 1.165) is 25.7 Å². The van der Waals surface area contributed by atoms with E-state index in [0.29, 0.717) is 6.42 Å². The Morgan fingerprint density at radius 1 is 1.33 bits per heavy atom. The topological polar surface area (TPSA) is 57.5 Å². The van der Waals surface area contributed by atoms with Crippen molar-refractivity contribution in [3.05, 3.63) is 0 Å². The van der Waals surface area contributed by atoms with E-state index in [9.17, 15) is 4.79 Å². The highest BCUT2D eigenvalue weighted by Gasteiger charge is 2.12. The Bertz CT molecular complexity index is 123. The molecule has 12 heavy (non-hydrogen) atoms. The van der Waals surface area contributed by atoms with Crippen LogP contribution >= 0.6 is 0 Å². The Morgan fingerprint density at radius 2 is 2.00 bits per heavy atom. The summed E-state index contributed by atoms with van der Waals surface area (Å²) in [5.74, 6) is -0.466. The van der Waals surface area contributed by atoms with E-state index in [4.69, 9.17) is 10.2 Å². The van der Waals surface area contributed by atoms with Crippen LogP contribution in [0.15, 0.2) is 0 Å². The molecule has 0 bridgehead atoms. The Morgan fingerprint density at radius 3 is 2.50 bits per heavy atom. The van der Waals surface area contributed by atoms with Crippen molar-refractivity contribution in [1.29, 1.82) is 0 Å². The Labute approximate surface area is 73.4 Å². The molecule has 0 aliphatic carbocycles. The largest absolute Gasteiger partial charge is 0.388 e. The van der Waals surface area contributed by atoms with Crippen molar-refractivity contribution in [2.75, 3.05) is 6.61 Å². The second-order valence-corrected chi connectivity index (χ2v) is 2.99. The van der Waals surface area contributed by atoms with Crippen LogP contribution < -0.4 is 0 Å². The highest BCUT2D eigenvalue weighted by atomic mass is 16.3. The van der Waals surface area contributed by atoms with Gasteiger partial charge in [-0.25, -0.2) is 0 Å². The van der Waals surface area contributed by atoms with Gasteiger partial charge in [-0.2, -0.15) is 0 Å². The van der Waals surface area contributed by atoms with E-state index in [1.807, 2.05) is 0 Å². The average Bonchev–Trinajstić information content (AvgIpc) is 2.10. The van der Waals surface area contributed by atoms with Crippen LogP contribution in [0.4, 0.5) is 0 Å². The van der Waals surface area contributed by atoms with Gasteiger partial charge in [0.1, 0.15) is 12.7 Å². The first-order chi connectivity index (χ1) is 5.72. The van der Waals surface area contributed by atoms with Crippen molar-refractivity contribution in [2.45, 2.75) is 45.1 Å². The summed E-state index contributed by atoms with van der Waals surface area (Å²) in [4.78, 5) is 10.7. The zero-order chi connectivity index (χ0) is 9.40. The molecule has 2 N–H and O–H groups in total. The molecule has 0 saturated carbocycles. The van der Waals surface area contributed by atoms with Gasteiger partial charge >= 0.3 is 0 Å². The van der Waals surface area contributed by atoms with E-state index in [2.05, 4.69) is 6.92 Å². The van der Waals surface area contributed by atoms with Crippen LogP contribution in [-0.4, -0.2) is 28.7 Å². The van der Waals surface area contributed by atoms with Crippen LogP contribution in [0.3, 0.4) is 0 Å². The third-order valence-corrected chi connectivity index (χ3v) is 1.86. The SMILES string of the molecule is CCCCCC[C@@H](O)C(=O)CO. The number of carbonyl (C=O) groups is 1. The fraction of sp³-hybridized carbons (Fsp3) is 0.889. The molecule has 0 rings (SSSR count). The predicted molar refractivity (Wildman–Crippen MR) is 46.9 cm³/mol. The summed E-state index contributed by atoms with van der Waals surface area (Å²) in [6.45, 7) is 1.56. The summed E-state index contributed by atoms with van der Waals surface area (Å²) >= 11 is 0. The molecule has 0 aliphatic heterocycles. The summed E-state index contributed by atoms with van der Waals surface area (Å²) < 4.78 is 0. The lowest BCUT2D eigenvalue weighted by molar-refractivity contribution is -0.130. The fourth-order valence-electron chi connectivity index (χ4n) is 1.03. The standard InChI is InChI=1S/C9H18O3/c1-2-3-4-5-6-8(11)9(12)7-10/h8,10-11H,2-7H2,1H3/t8-/m1/s1. The molecule has 0 saturated heterocycles. The molecule has 1 atom stereocenters. The Balaban J connectivity index is 3.31. The predicted octanol–water partition coefficient (Wildman–Crippen LogP) is 0.879. The van der Waals surface area contributed by atoms with Crippen molar-refractivity contribution in [3.63, 3.8) is 0 Å². The number of carbonyl (C=O) groups excluding carboxylic acids is 1. The van der Waals surface area contributed by atoms with Gasteiger partial charge in [0.05, 0.1) is 0 Å². The number of aliphatic hydroxyl groups is 2. The minimum atomic E-state index is -0.952. The monoisotopic (exact) mass is 174 g/mol. The van der Waals surface area contributed by atoms with Gasteiger partial charge in [-0.1, -0.05) is 32.6 Å². The normalized spacial score (nSPS) is 12.9. The lowest BCUT2D eigenvalue weighted by Gasteiger charge is -2.06. The Kier molecular flexibility index (Phi) is 7.00. The maximum absolute atomic E-state index is 10.7. The summed E-state index contributed by atoms with van der Waals surface area (Å²) in [5, 5.41) is 17.5. The van der Waals surface area contributed by atoms with Crippen LogP contribution in [0.25, 0.3) is 0 Å². The first-order valence-electron chi connectivity index (χ1n) is 4.54. The van der Waals surface area contributed by atoms with E-state index in [1.54, 1.807) is 0 Å². The molecule has 0 fully saturated rings. The van der Waals surface area contributed by atoms with Crippen molar-refractivity contribution >= 4 is 5.78 Å². The first kappa shape index (κ1) is 11.6. The minimum Gasteiger partial charge on any atom is -0.388 e. The lowest BCUT2D eigenvalue weighted by atomic mass is 10.1. The molecule has 3 nitrogen and oxygen atoms in total. The maximum atomic E-state index is 10.7. The summed E-state index contributed by atoms with van der Waals surface area (Å²) in [7, 11) is 0. The molecular weight excluding hydrogens is 156 g/mol. The second-order valence-electron chi connectivity index (χ2n) is 2.99. The summed E-state index contributed by atoms with van der Waals surface area (Å²) in [5.41, 5.74) is 0. The summed E-state index contributed by atoms with van der Waals surface area (Å²) in [6, 6.07) is 0. The first-order valence-corrected chi connectivity index (χ1v) is 4.54. The van der Waals surface area contributed by atoms with Crippen molar-refractivity contribution < 1.29 is 15.0 Å². The fourth-order valence-corrected chi connectivity index (χ4v) is 1.03. The Hall–Kier alpha value is -0.410. The minimum absolute atomic E-state index is 0.466. The third kappa shape index (κ3) is 5.27. The highest BCUT2D eigenvalue weighted by Crippen LogP contribution is 2.05. The average molecular weight is 174 g/mol. The summed E-state index contributed by atoms with van der Waals surface area (Å²) in [6.07, 6.45) is 3.73. The van der Waals surface area contributed by atoms with Gasteiger partial charge in [0.25, 0.3) is 0 Å². The zero-order valence-electron chi connectivity index (χ0n) is 7.62. The molecule has 0 aromatic carbocycles. The van der Waals surface area contributed by atoms with Crippen LogP contribution in [0, 0.1) is 0 Å². The smallest absolute Gasteiger partial charge is 0.186 e. The zero-order valence-corrected chi connectivity index (χ0v) is 7.62. The molecule has 0 amide bonds. The van der Waals surface area contributed by atoms with Crippen LogP contribution in [-0.2, 0) is 4.79 Å².